The van der Waals surface area contributed by atoms with Gasteiger partial charge in [0.05, 0.1) is 0 Å². The van der Waals surface area contributed by atoms with Crippen LogP contribution in [0.1, 0.15) is 0 Å². The van der Waals surface area contributed by atoms with E-state index in [-0.39, 0.29) is 0 Å². The van der Waals surface area contributed by atoms with Crippen molar-refractivity contribution in [3.8, 4) is 0 Å². The van der Waals surface area contributed by atoms with Gasteiger partial charge in [0.25, 0.3) is 0 Å². The Hall–Kier alpha value is -3.90. The van der Waals surface area contributed by atoms with Crippen LogP contribution in [0, 0.1) is 0 Å². The van der Waals surface area contributed by atoms with E-state index >= 15 is 0 Å². The van der Waals surface area contributed by atoms with E-state index in [1.165, 1.54) is 64.6 Å². The predicted molar refractivity (Wildman–Crippen MR) is 131 cm³/mol. The molecule has 138 valence electrons. The monoisotopic (exact) mass is 378 g/mol. The minimum Gasteiger partial charge on any atom is -0.0616 e. The third kappa shape index (κ3) is 2.00. The molecule has 0 unspecified atom stereocenters. The van der Waals surface area contributed by atoms with Gasteiger partial charge in [0.1, 0.15) is 0 Å². The highest BCUT2D eigenvalue weighted by atomic mass is 14.2. The molecule has 0 nitrogen and oxygen atoms in total. The fraction of sp³-hybridized carbons (Fsp3) is 0. The topological polar surface area (TPSA) is 0 Å². The molecular formula is C30H18. The highest BCUT2D eigenvalue weighted by Gasteiger charge is 2.13. The summed E-state index contributed by atoms with van der Waals surface area (Å²) in [5.41, 5.74) is 0. The maximum Gasteiger partial charge on any atom is -0.00923 e. The molecule has 0 aliphatic heterocycles. The van der Waals surface area contributed by atoms with Gasteiger partial charge >= 0.3 is 0 Å². The van der Waals surface area contributed by atoms with Gasteiger partial charge in [-0.15, -0.1) is 0 Å². The predicted octanol–water partition coefficient (Wildman–Crippen LogP) is 8.61. The van der Waals surface area contributed by atoms with Crippen LogP contribution in [0.15, 0.2) is 109 Å². The maximum atomic E-state index is 2.42. The Morgan fingerprint density at radius 2 is 0.367 bits per heavy atom. The van der Waals surface area contributed by atoms with Crippen molar-refractivity contribution in [1.29, 1.82) is 0 Å². The van der Waals surface area contributed by atoms with E-state index < -0.39 is 0 Å². The van der Waals surface area contributed by atoms with E-state index in [1.807, 2.05) is 0 Å². The van der Waals surface area contributed by atoms with Crippen molar-refractivity contribution >= 4 is 64.6 Å². The summed E-state index contributed by atoms with van der Waals surface area (Å²) in [6.07, 6.45) is 0. The summed E-state index contributed by atoms with van der Waals surface area (Å²) in [5.74, 6) is 0. The molecule has 0 aliphatic carbocycles. The van der Waals surface area contributed by atoms with Gasteiger partial charge in [0.2, 0.25) is 0 Å². The molecule has 0 N–H and O–H groups in total. The lowest BCUT2D eigenvalue weighted by molar-refractivity contribution is 1.78. The number of benzene rings is 7. The van der Waals surface area contributed by atoms with Crippen LogP contribution in [0.5, 0.6) is 0 Å². The van der Waals surface area contributed by atoms with E-state index in [0.29, 0.717) is 0 Å². The van der Waals surface area contributed by atoms with Crippen LogP contribution in [-0.4, -0.2) is 0 Å². The van der Waals surface area contributed by atoms with Gasteiger partial charge < -0.3 is 0 Å². The molecule has 7 rings (SSSR count). The van der Waals surface area contributed by atoms with E-state index in [1.54, 1.807) is 0 Å². The summed E-state index contributed by atoms with van der Waals surface area (Å²) in [5, 5.41) is 15.9. The first-order chi connectivity index (χ1) is 14.9. The van der Waals surface area contributed by atoms with E-state index in [2.05, 4.69) is 109 Å². The van der Waals surface area contributed by atoms with Gasteiger partial charge in [-0.05, 0) is 76.8 Å². The van der Waals surface area contributed by atoms with Crippen molar-refractivity contribution in [2.24, 2.45) is 0 Å². The Bertz CT molecular complexity index is 1520. The smallest absolute Gasteiger partial charge is 0.00923 e. The third-order valence-corrected chi connectivity index (χ3v) is 6.61. The maximum absolute atomic E-state index is 2.42. The normalized spacial score (nSPS) is 12.0. The van der Waals surface area contributed by atoms with Crippen LogP contribution in [0.4, 0.5) is 0 Å². The molecule has 0 radical (unpaired) electrons. The minimum absolute atomic E-state index is 1.32. The molecule has 30 heavy (non-hydrogen) atoms. The second-order valence-electron chi connectivity index (χ2n) is 8.13. The minimum atomic E-state index is 1.32. The zero-order valence-corrected chi connectivity index (χ0v) is 16.4. The zero-order valence-electron chi connectivity index (χ0n) is 16.4. The lowest BCUT2D eigenvalue weighted by Gasteiger charge is -2.15. The van der Waals surface area contributed by atoms with Crippen LogP contribution < -0.4 is 0 Å². The van der Waals surface area contributed by atoms with Crippen LogP contribution in [0.25, 0.3) is 64.6 Å². The summed E-state index contributed by atoms with van der Waals surface area (Å²) in [6.45, 7) is 0. The molecule has 0 atom stereocenters. The van der Waals surface area contributed by atoms with E-state index in [4.69, 9.17) is 0 Å². The Labute approximate surface area is 174 Å². The number of rotatable bonds is 0. The molecule has 0 amide bonds. The first-order valence-electron chi connectivity index (χ1n) is 10.5. The fourth-order valence-corrected chi connectivity index (χ4v) is 5.30. The molecule has 7 aromatic carbocycles. The lowest BCUT2D eigenvalue weighted by atomic mass is 9.89. The summed E-state index contributed by atoms with van der Waals surface area (Å²) >= 11 is 0. The van der Waals surface area contributed by atoms with Crippen LogP contribution >= 0.6 is 0 Å². The first-order valence-corrected chi connectivity index (χ1v) is 10.5. The molecule has 0 heteroatoms. The number of fused-ring (bicyclic) bond motifs is 12. The van der Waals surface area contributed by atoms with E-state index in [9.17, 15) is 0 Å². The summed E-state index contributed by atoms with van der Waals surface area (Å²) in [7, 11) is 0. The second kappa shape index (κ2) is 5.81. The average molecular weight is 378 g/mol. The highest BCUT2D eigenvalue weighted by molar-refractivity contribution is 6.32. The van der Waals surface area contributed by atoms with Crippen molar-refractivity contribution in [2.45, 2.75) is 0 Å². The summed E-state index contributed by atoms with van der Waals surface area (Å²) in [6, 6.07) is 40.1. The Balaban J connectivity index is 1.86. The second-order valence-corrected chi connectivity index (χ2v) is 8.13. The zero-order chi connectivity index (χ0) is 19.7. The largest absolute Gasteiger partial charge is 0.0616 e. The standard InChI is InChI=1S/C30H18/c1-5-13-23-19(9-1)20-10-2-6-14-24(20)28-18-30-26-16-8-4-12-22(26)21-11-3-7-15-25(21)29(30)17-27(23)28/h1-18H. The SMILES string of the molecule is c1ccc2c(c1)c1ccccc1c1cc3c4ccccc4c4ccccc4c3cc21. The molecule has 0 heterocycles. The molecule has 7 aromatic rings. The van der Waals surface area contributed by atoms with Crippen LogP contribution in [0.2, 0.25) is 0 Å². The van der Waals surface area contributed by atoms with Crippen LogP contribution in [0.3, 0.4) is 0 Å². The summed E-state index contributed by atoms with van der Waals surface area (Å²) < 4.78 is 0. The van der Waals surface area contributed by atoms with E-state index in [0.717, 1.165) is 0 Å². The molecule has 0 aliphatic rings. The van der Waals surface area contributed by atoms with Gasteiger partial charge in [0, 0.05) is 0 Å². The van der Waals surface area contributed by atoms with Gasteiger partial charge in [-0.3, -0.25) is 0 Å². The fourth-order valence-electron chi connectivity index (χ4n) is 5.30. The molecule has 0 fully saturated rings. The number of hydrogen-bond donors (Lipinski definition) is 0. The molecular weight excluding hydrogens is 360 g/mol. The lowest BCUT2D eigenvalue weighted by Crippen LogP contribution is -1.87. The molecule has 0 bridgehead atoms. The summed E-state index contributed by atoms with van der Waals surface area (Å²) in [4.78, 5) is 0. The quantitative estimate of drug-likeness (QED) is 0.183. The van der Waals surface area contributed by atoms with Gasteiger partial charge in [-0.1, -0.05) is 97.1 Å². The first kappa shape index (κ1) is 16.0. The van der Waals surface area contributed by atoms with Crippen molar-refractivity contribution < 1.29 is 0 Å². The number of hydrogen-bond acceptors (Lipinski definition) is 0. The average Bonchev–Trinajstić information content (AvgIpc) is 2.83. The van der Waals surface area contributed by atoms with Crippen molar-refractivity contribution in [3.05, 3.63) is 109 Å². The molecule has 0 aromatic heterocycles. The van der Waals surface area contributed by atoms with Crippen molar-refractivity contribution in [3.63, 3.8) is 0 Å². The van der Waals surface area contributed by atoms with Gasteiger partial charge in [-0.25, -0.2) is 0 Å². The third-order valence-electron chi connectivity index (χ3n) is 6.61. The van der Waals surface area contributed by atoms with Gasteiger partial charge in [0.15, 0.2) is 0 Å². The van der Waals surface area contributed by atoms with Crippen molar-refractivity contribution in [1.82, 2.24) is 0 Å². The Morgan fingerprint density at radius 3 is 0.567 bits per heavy atom. The van der Waals surface area contributed by atoms with Gasteiger partial charge in [-0.2, -0.15) is 0 Å². The van der Waals surface area contributed by atoms with Crippen LogP contribution in [-0.2, 0) is 0 Å². The molecule has 0 saturated heterocycles. The Morgan fingerprint density at radius 1 is 0.200 bits per heavy atom. The highest BCUT2D eigenvalue weighted by Crippen LogP contribution is 2.41. The molecule has 0 spiro atoms. The Kier molecular flexibility index (Phi) is 3.09. The molecule has 0 saturated carbocycles. The van der Waals surface area contributed by atoms with Crippen molar-refractivity contribution in [2.75, 3.05) is 0 Å².